The smallest absolute Gasteiger partial charge is 0.227 e. The molecule has 1 aliphatic heterocycles. The normalized spacial score (nSPS) is 22.4. The molecule has 1 fully saturated rings. The Kier molecular flexibility index (Phi) is 5.57. The Bertz CT molecular complexity index is 456. The van der Waals surface area contributed by atoms with Crippen LogP contribution in [0.15, 0.2) is 18.2 Å². The highest BCUT2D eigenvalue weighted by atomic mass is 35.5. The molecule has 2 atom stereocenters. The Balaban J connectivity index is 0.00000180. The van der Waals surface area contributed by atoms with Crippen LogP contribution in [0.2, 0.25) is 0 Å². The molecule has 1 aromatic carbocycles. The van der Waals surface area contributed by atoms with Crippen molar-refractivity contribution in [2.24, 2.45) is 5.92 Å². The van der Waals surface area contributed by atoms with E-state index in [1.165, 1.54) is 6.07 Å². The summed E-state index contributed by atoms with van der Waals surface area (Å²) in [6.07, 6.45) is 1.51. The fourth-order valence-electron chi connectivity index (χ4n) is 2.21. The van der Waals surface area contributed by atoms with Crippen molar-refractivity contribution in [3.63, 3.8) is 0 Å². The molecule has 0 bridgehead atoms. The highest BCUT2D eigenvalue weighted by molar-refractivity contribution is 5.94. The van der Waals surface area contributed by atoms with Crippen molar-refractivity contribution < 1.29 is 14.3 Å². The van der Waals surface area contributed by atoms with Gasteiger partial charge >= 0.3 is 0 Å². The maximum atomic E-state index is 13.0. The van der Waals surface area contributed by atoms with Crippen molar-refractivity contribution in [2.45, 2.75) is 25.8 Å². The molecule has 1 saturated heterocycles. The number of amides is 1. The van der Waals surface area contributed by atoms with E-state index in [2.05, 4.69) is 10.6 Å². The molecular formula is C13H18ClFN2O2. The number of rotatable bonds is 2. The predicted octanol–water partition coefficient (Wildman–Crippen LogP) is 2.28. The summed E-state index contributed by atoms with van der Waals surface area (Å²) < 4.78 is 13.0. The molecule has 0 spiro atoms. The van der Waals surface area contributed by atoms with E-state index in [0.29, 0.717) is 6.04 Å². The highest BCUT2D eigenvalue weighted by Crippen LogP contribution is 2.25. The lowest BCUT2D eigenvalue weighted by atomic mass is 9.92. The fourth-order valence-corrected chi connectivity index (χ4v) is 2.21. The van der Waals surface area contributed by atoms with E-state index in [1.54, 1.807) is 0 Å². The second kappa shape index (κ2) is 6.73. The third-order valence-corrected chi connectivity index (χ3v) is 3.21. The van der Waals surface area contributed by atoms with Crippen molar-refractivity contribution in [3.8, 4) is 5.75 Å². The molecular weight excluding hydrogens is 271 g/mol. The minimum absolute atomic E-state index is 0. The van der Waals surface area contributed by atoms with Gasteiger partial charge in [-0.1, -0.05) is 0 Å². The Hall–Kier alpha value is -1.33. The van der Waals surface area contributed by atoms with E-state index < -0.39 is 5.82 Å². The van der Waals surface area contributed by atoms with Gasteiger partial charge in [-0.3, -0.25) is 4.79 Å². The van der Waals surface area contributed by atoms with Crippen LogP contribution in [0.3, 0.4) is 0 Å². The number of aromatic hydroxyl groups is 1. The molecule has 1 heterocycles. The second-order valence-corrected chi connectivity index (χ2v) is 4.73. The summed E-state index contributed by atoms with van der Waals surface area (Å²) >= 11 is 0. The predicted molar refractivity (Wildman–Crippen MR) is 74.1 cm³/mol. The van der Waals surface area contributed by atoms with Crippen LogP contribution in [0.25, 0.3) is 0 Å². The quantitative estimate of drug-likeness (QED) is 0.732. The van der Waals surface area contributed by atoms with Gasteiger partial charge < -0.3 is 15.7 Å². The van der Waals surface area contributed by atoms with Gasteiger partial charge in [-0.2, -0.15) is 0 Å². The average molecular weight is 289 g/mol. The Morgan fingerprint density at radius 2 is 2.26 bits per heavy atom. The summed E-state index contributed by atoms with van der Waals surface area (Å²) in [6.45, 7) is 2.83. The number of anilines is 1. The van der Waals surface area contributed by atoms with Gasteiger partial charge in [-0.05, 0) is 38.4 Å². The van der Waals surface area contributed by atoms with Gasteiger partial charge in [-0.25, -0.2) is 4.39 Å². The van der Waals surface area contributed by atoms with E-state index in [4.69, 9.17) is 0 Å². The first-order chi connectivity index (χ1) is 8.56. The van der Waals surface area contributed by atoms with Gasteiger partial charge in [0.2, 0.25) is 5.91 Å². The number of phenolic OH excluding ortho intramolecular Hbond substituents is 1. The zero-order chi connectivity index (χ0) is 13.1. The van der Waals surface area contributed by atoms with Crippen LogP contribution in [-0.4, -0.2) is 23.6 Å². The van der Waals surface area contributed by atoms with E-state index >= 15 is 0 Å². The molecule has 0 saturated carbocycles. The largest absolute Gasteiger partial charge is 0.506 e. The average Bonchev–Trinajstić information content (AvgIpc) is 2.34. The summed E-state index contributed by atoms with van der Waals surface area (Å²) in [5, 5.41) is 15.4. The molecule has 1 aliphatic rings. The lowest BCUT2D eigenvalue weighted by molar-refractivity contribution is -0.120. The van der Waals surface area contributed by atoms with E-state index in [-0.39, 0.29) is 35.7 Å². The second-order valence-electron chi connectivity index (χ2n) is 4.73. The maximum absolute atomic E-state index is 13.0. The third-order valence-electron chi connectivity index (χ3n) is 3.21. The van der Waals surface area contributed by atoms with E-state index in [1.807, 2.05) is 6.92 Å². The summed E-state index contributed by atoms with van der Waals surface area (Å²) in [7, 11) is 0. The number of nitrogens with one attached hydrogen (secondary N) is 2. The lowest BCUT2D eigenvalue weighted by Crippen LogP contribution is -2.40. The number of benzene rings is 1. The topological polar surface area (TPSA) is 61.4 Å². The summed E-state index contributed by atoms with van der Waals surface area (Å²) in [5.41, 5.74) is 0.131. The first-order valence-corrected chi connectivity index (χ1v) is 6.09. The van der Waals surface area contributed by atoms with Gasteiger partial charge in [0, 0.05) is 18.0 Å². The molecule has 1 aromatic rings. The molecule has 0 aliphatic carbocycles. The summed E-state index contributed by atoms with van der Waals surface area (Å²) in [4.78, 5) is 12.0. The van der Waals surface area contributed by atoms with Crippen LogP contribution < -0.4 is 10.6 Å². The molecule has 2 rings (SSSR count). The molecule has 1 amide bonds. The van der Waals surface area contributed by atoms with Gasteiger partial charge in [0.25, 0.3) is 0 Å². The van der Waals surface area contributed by atoms with Crippen LogP contribution in [-0.2, 0) is 4.79 Å². The Morgan fingerprint density at radius 1 is 1.53 bits per heavy atom. The van der Waals surface area contributed by atoms with E-state index in [9.17, 15) is 14.3 Å². The summed E-state index contributed by atoms with van der Waals surface area (Å²) in [5.74, 6) is -0.860. The first-order valence-electron chi connectivity index (χ1n) is 6.09. The summed E-state index contributed by atoms with van der Waals surface area (Å²) in [6, 6.07) is 3.81. The number of hydrogen-bond acceptors (Lipinski definition) is 3. The highest BCUT2D eigenvalue weighted by Gasteiger charge is 2.25. The zero-order valence-corrected chi connectivity index (χ0v) is 11.5. The molecule has 0 aromatic heterocycles. The van der Waals surface area contributed by atoms with Gasteiger partial charge in [0.1, 0.15) is 11.6 Å². The number of phenols is 1. The SMILES string of the molecule is C[C@H]1C[C@@H](C(=O)Nc2cc(F)ccc2O)CCN1.Cl. The Morgan fingerprint density at radius 3 is 2.95 bits per heavy atom. The van der Waals surface area contributed by atoms with Crippen molar-refractivity contribution in [1.29, 1.82) is 0 Å². The molecule has 0 unspecified atom stereocenters. The monoisotopic (exact) mass is 288 g/mol. The lowest BCUT2D eigenvalue weighted by Gasteiger charge is -2.27. The number of halogens is 2. The van der Waals surface area contributed by atoms with Crippen LogP contribution in [0.1, 0.15) is 19.8 Å². The number of piperidine rings is 1. The standard InChI is InChI=1S/C13H17FN2O2.ClH/c1-8-6-9(4-5-15-8)13(18)16-11-7-10(14)2-3-12(11)17;/h2-3,7-9,15,17H,4-6H2,1H3,(H,16,18);1H/t8-,9-;/m0./s1. The van der Waals surface area contributed by atoms with Crippen molar-refractivity contribution in [3.05, 3.63) is 24.0 Å². The van der Waals surface area contributed by atoms with Crippen LogP contribution >= 0.6 is 12.4 Å². The van der Waals surface area contributed by atoms with Crippen molar-refractivity contribution in [2.75, 3.05) is 11.9 Å². The van der Waals surface area contributed by atoms with Crippen molar-refractivity contribution >= 4 is 24.0 Å². The molecule has 3 N–H and O–H groups in total. The number of hydrogen-bond donors (Lipinski definition) is 3. The third kappa shape index (κ3) is 4.08. The van der Waals surface area contributed by atoms with Crippen LogP contribution in [0.5, 0.6) is 5.75 Å². The maximum Gasteiger partial charge on any atom is 0.227 e. The zero-order valence-electron chi connectivity index (χ0n) is 10.6. The number of carbonyl (C=O) groups excluding carboxylic acids is 1. The molecule has 0 radical (unpaired) electrons. The molecule has 106 valence electrons. The number of carbonyl (C=O) groups is 1. The van der Waals surface area contributed by atoms with E-state index in [0.717, 1.165) is 31.5 Å². The van der Waals surface area contributed by atoms with Gasteiger partial charge in [0.05, 0.1) is 5.69 Å². The molecule has 19 heavy (non-hydrogen) atoms. The molecule has 4 nitrogen and oxygen atoms in total. The van der Waals surface area contributed by atoms with Crippen LogP contribution in [0, 0.1) is 11.7 Å². The van der Waals surface area contributed by atoms with Gasteiger partial charge in [-0.15, -0.1) is 12.4 Å². The van der Waals surface area contributed by atoms with Crippen molar-refractivity contribution in [1.82, 2.24) is 5.32 Å². The fraction of sp³-hybridized carbons (Fsp3) is 0.462. The minimum Gasteiger partial charge on any atom is -0.506 e. The van der Waals surface area contributed by atoms with Gasteiger partial charge in [0.15, 0.2) is 0 Å². The Labute approximate surface area is 117 Å². The molecule has 6 heteroatoms. The minimum atomic E-state index is -0.484. The first kappa shape index (κ1) is 15.7. The van der Waals surface area contributed by atoms with Crippen LogP contribution in [0.4, 0.5) is 10.1 Å².